The number of nitrogens with zero attached hydrogens (tertiary/aromatic N) is 2. The maximum Gasteiger partial charge on any atom is 0.351 e. The monoisotopic (exact) mass is 502 g/mol. The summed E-state index contributed by atoms with van der Waals surface area (Å²) < 4.78 is 57.9. The number of hydrogen-bond acceptors (Lipinski definition) is 9. The summed E-state index contributed by atoms with van der Waals surface area (Å²) in [5, 5.41) is 12.5. The van der Waals surface area contributed by atoms with Crippen LogP contribution in [0.5, 0.6) is 0 Å². The molecule has 1 fully saturated rings. The number of alkyl halides is 2. The number of hydrogen-bond donors (Lipinski definition) is 3. The Bertz CT molecular complexity index is 1120. The van der Waals surface area contributed by atoms with E-state index in [9.17, 15) is 28.0 Å². The van der Waals surface area contributed by atoms with Crippen LogP contribution in [0.4, 0.5) is 14.6 Å². The fraction of sp³-hybridized carbons (Fsp3) is 0.450. The molecule has 0 spiro atoms. The number of aromatic nitrogens is 2. The van der Waals surface area contributed by atoms with Gasteiger partial charge in [0.1, 0.15) is 24.6 Å². The Kier molecular flexibility index (Phi) is 7.84. The van der Waals surface area contributed by atoms with Gasteiger partial charge in [-0.15, -0.1) is 0 Å². The molecular formula is C20H25F2N4O7P. The van der Waals surface area contributed by atoms with E-state index in [1.165, 1.54) is 6.92 Å². The molecule has 1 saturated heterocycles. The average molecular weight is 502 g/mol. The first-order chi connectivity index (χ1) is 15.9. The SMILES string of the molecule is C[C@H](NP(C)(=O)OC[C@H]1O[C@@H](n2ccc(N)nc2=O)C(F)(F)C1O)C(=O)OCc1ccccc1. The topological polar surface area (TPSA) is 155 Å². The van der Waals surface area contributed by atoms with E-state index in [4.69, 9.17) is 19.7 Å². The van der Waals surface area contributed by atoms with Gasteiger partial charge in [0.15, 0.2) is 6.10 Å². The molecule has 2 unspecified atom stereocenters. The fourth-order valence-electron chi connectivity index (χ4n) is 3.22. The molecule has 2 aromatic rings. The highest BCUT2D eigenvalue weighted by molar-refractivity contribution is 7.56. The molecule has 34 heavy (non-hydrogen) atoms. The molecular weight excluding hydrogens is 477 g/mol. The van der Waals surface area contributed by atoms with Gasteiger partial charge in [0.25, 0.3) is 7.52 Å². The number of carbonyl (C=O) groups excluding carboxylic acids is 1. The molecule has 0 aliphatic carbocycles. The molecule has 1 aliphatic heterocycles. The largest absolute Gasteiger partial charge is 0.460 e. The molecule has 186 valence electrons. The van der Waals surface area contributed by atoms with E-state index in [1.807, 2.05) is 6.07 Å². The zero-order chi connectivity index (χ0) is 25.1. The molecule has 1 aliphatic rings. The van der Waals surface area contributed by atoms with Gasteiger partial charge in [-0.1, -0.05) is 30.3 Å². The lowest BCUT2D eigenvalue weighted by molar-refractivity contribution is -0.146. The Morgan fingerprint density at radius 3 is 2.71 bits per heavy atom. The van der Waals surface area contributed by atoms with Gasteiger partial charge in [0.2, 0.25) is 6.23 Å². The molecule has 0 amide bonds. The number of aliphatic hydroxyl groups excluding tert-OH is 1. The summed E-state index contributed by atoms with van der Waals surface area (Å²) in [6, 6.07) is 9.00. The van der Waals surface area contributed by atoms with Gasteiger partial charge in [0, 0.05) is 12.9 Å². The molecule has 4 N–H and O–H groups in total. The number of nitrogens with one attached hydrogen (secondary N) is 1. The lowest BCUT2D eigenvalue weighted by atomic mass is 10.1. The van der Waals surface area contributed by atoms with Gasteiger partial charge in [0.05, 0.1) is 6.61 Å². The molecule has 0 saturated carbocycles. The highest BCUT2D eigenvalue weighted by Gasteiger charge is 2.60. The smallest absolute Gasteiger partial charge is 0.351 e. The molecule has 0 radical (unpaired) electrons. The normalized spacial score (nSPS) is 24.3. The van der Waals surface area contributed by atoms with Crippen molar-refractivity contribution in [2.75, 3.05) is 19.0 Å². The van der Waals surface area contributed by atoms with Crippen molar-refractivity contribution >= 4 is 19.3 Å². The second kappa shape index (κ2) is 10.3. The van der Waals surface area contributed by atoms with E-state index in [-0.39, 0.29) is 12.4 Å². The average Bonchev–Trinajstić information content (AvgIpc) is 3.00. The number of nitrogen functional groups attached to an aromatic ring is 1. The van der Waals surface area contributed by atoms with Crippen molar-refractivity contribution in [3.63, 3.8) is 0 Å². The van der Waals surface area contributed by atoms with Crippen molar-refractivity contribution in [3.05, 3.63) is 58.6 Å². The van der Waals surface area contributed by atoms with E-state index in [2.05, 4.69) is 10.1 Å². The van der Waals surface area contributed by atoms with Gasteiger partial charge >= 0.3 is 17.6 Å². The third kappa shape index (κ3) is 6.05. The highest BCUT2D eigenvalue weighted by Crippen LogP contribution is 2.45. The molecule has 5 atom stereocenters. The van der Waals surface area contributed by atoms with Crippen LogP contribution in [0, 0.1) is 0 Å². The van der Waals surface area contributed by atoms with Crippen LogP contribution in [0.2, 0.25) is 0 Å². The first-order valence-electron chi connectivity index (χ1n) is 10.2. The second-order valence-corrected chi connectivity index (χ2v) is 9.98. The number of carbonyl (C=O) groups is 1. The van der Waals surface area contributed by atoms with E-state index in [0.29, 0.717) is 4.57 Å². The minimum atomic E-state index is -3.88. The summed E-state index contributed by atoms with van der Waals surface area (Å²) in [7, 11) is -3.71. The van der Waals surface area contributed by atoms with Gasteiger partial charge < -0.3 is 24.8 Å². The van der Waals surface area contributed by atoms with Gasteiger partial charge in [-0.2, -0.15) is 13.8 Å². The third-order valence-electron chi connectivity index (χ3n) is 4.97. The maximum absolute atomic E-state index is 14.6. The third-order valence-corrected chi connectivity index (χ3v) is 6.47. The molecule has 3 rings (SSSR count). The maximum atomic E-state index is 14.6. The first kappa shape index (κ1) is 25.9. The minimum absolute atomic E-state index is 0.0124. The van der Waals surface area contributed by atoms with E-state index >= 15 is 0 Å². The fourth-order valence-corrected chi connectivity index (χ4v) is 4.54. The summed E-state index contributed by atoms with van der Waals surface area (Å²) in [6.45, 7) is 1.84. The highest BCUT2D eigenvalue weighted by atomic mass is 31.2. The van der Waals surface area contributed by atoms with Crippen LogP contribution in [0.3, 0.4) is 0 Å². The van der Waals surface area contributed by atoms with Crippen LogP contribution >= 0.6 is 7.52 Å². The lowest BCUT2D eigenvalue weighted by Crippen LogP contribution is -2.42. The van der Waals surface area contributed by atoms with Crippen molar-refractivity contribution < 1.29 is 37.2 Å². The predicted octanol–water partition coefficient (Wildman–Crippen LogP) is 1.28. The quantitative estimate of drug-likeness (QED) is 0.337. The van der Waals surface area contributed by atoms with Crippen LogP contribution in [0.15, 0.2) is 47.4 Å². The molecule has 14 heteroatoms. The summed E-state index contributed by atoms with van der Waals surface area (Å²) >= 11 is 0. The van der Waals surface area contributed by atoms with E-state index < -0.39 is 56.2 Å². The van der Waals surface area contributed by atoms with Crippen LogP contribution in [-0.2, 0) is 30.0 Å². The number of halogens is 2. The lowest BCUT2D eigenvalue weighted by Gasteiger charge is -2.22. The Morgan fingerprint density at radius 1 is 1.38 bits per heavy atom. The van der Waals surface area contributed by atoms with Crippen molar-refractivity contribution in [1.82, 2.24) is 14.6 Å². The zero-order valence-electron chi connectivity index (χ0n) is 18.3. The van der Waals surface area contributed by atoms with E-state index in [0.717, 1.165) is 24.5 Å². The zero-order valence-corrected chi connectivity index (χ0v) is 19.2. The number of benzene rings is 1. The molecule has 11 nitrogen and oxygen atoms in total. The number of aliphatic hydroxyl groups is 1. The van der Waals surface area contributed by atoms with Crippen LogP contribution in [0.1, 0.15) is 18.7 Å². The standard InChI is InChI=1S/C20H25F2N4O7P/c1-12(17(28)31-10-13-6-4-3-5-7-13)25-34(2,30)32-11-14-16(27)20(21,22)18(33-14)26-9-8-15(23)24-19(26)29/h3-9,12,14,16,18,27H,10-11H2,1-2H3,(H,25,30)(H2,23,24,29)/t12-,14+,16?,18+,34?/m0/s1. The number of rotatable bonds is 9. The van der Waals surface area contributed by atoms with Crippen molar-refractivity contribution in [2.45, 2.75) is 43.9 Å². The Balaban J connectivity index is 1.57. The van der Waals surface area contributed by atoms with Crippen LogP contribution in [0.25, 0.3) is 0 Å². The Hall–Kier alpha value is -2.70. The number of nitrogens with two attached hydrogens (primary N) is 1. The molecule has 0 bridgehead atoms. The summed E-state index contributed by atoms with van der Waals surface area (Å²) in [5.74, 6) is -4.75. The summed E-state index contributed by atoms with van der Waals surface area (Å²) in [6.07, 6.45) is -5.20. The van der Waals surface area contributed by atoms with E-state index in [1.54, 1.807) is 24.3 Å². The van der Waals surface area contributed by atoms with Crippen molar-refractivity contribution in [2.24, 2.45) is 0 Å². The van der Waals surface area contributed by atoms with Crippen LogP contribution in [-0.4, -0.2) is 58.1 Å². The van der Waals surface area contributed by atoms with Gasteiger partial charge in [-0.3, -0.25) is 13.9 Å². The summed E-state index contributed by atoms with van der Waals surface area (Å²) in [4.78, 5) is 27.5. The second-order valence-electron chi connectivity index (χ2n) is 7.77. The van der Waals surface area contributed by atoms with Crippen LogP contribution < -0.4 is 16.5 Å². The number of ether oxygens (including phenoxy) is 2. The summed E-state index contributed by atoms with van der Waals surface area (Å²) in [5.41, 5.74) is 5.03. The Morgan fingerprint density at radius 2 is 2.06 bits per heavy atom. The van der Waals surface area contributed by atoms with Crippen molar-refractivity contribution in [3.8, 4) is 0 Å². The minimum Gasteiger partial charge on any atom is -0.460 e. The molecule has 1 aromatic heterocycles. The molecule has 1 aromatic carbocycles. The van der Waals surface area contributed by atoms with Gasteiger partial charge in [-0.05, 0) is 18.6 Å². The number of esters is 1. The number of anilines is 1. The Labute approximate surface area is 193 Å². The predicted molar refractivity (Wildman–Crippen MR) is 116 cm³/mol. The van der Waals surface area contributed by atoms with Gasteiger partial charge in [-0.25, -0.2) is 9.88 Å². The first-order valence-corrected chi connectivity index (χ1v) is 12.2. The molecule has 2 heterocycles. The van der Waals surface area contributed by atoms with Crippen molar-refractivity contribution in [1.29, 1.82) is 0 Å².